The van der Waals surface area contributed by atoms with E-state index in [0.29, 0.717) is 16.7 Å². The van der Waals surface area contributed by atoms with Gasteiger partial charge >= 0.3 is 5.97 Å². The molecule has 4 aromatic rings. The average Bonchev–Trinajstić information content (AvgIpc) is 2.79. The molecule has 2 aromatic heterocycles. The summed E-state index contributed by atoms with van der Waals surface area (Å²) in [5.74, 6) is 0.336. The van der Waals surface area contributed by atoms with Crippen LogP contribution >= 0.6 is 0 Å². The van der Waals surface area contributed by atoms with Gasteiger partial charge in [0.05, 0.1) is 17.5 Å². The van der Waals surface area contributed by atoms with Crippen molar-refractivity contribution in [1.82, 2.24) is 9.55 Å². The van der Waals surface area contributed by atoms with Gasteiger partial charge in [0.25, 0.3) is 0 Å². The Morgan fingerprint density at radius 3 is 2.45 bits per heavy atom. The van der Waals surface area contributed by atoms with Crippen LogP contribution in [0, 0.1) is 0 Å². The molecule has 0 radical (unpaired) electrons. The largest absolute Gasteiger partial charge is 0.466 e. The molecule has 0 aliphatic rings. The highest BCUT2D eigenvalue weighted by Gasteiger charge is 2.14. The Balaban J connectivity index is 1.84. The van der Waals surface area contributed by atoms with Crippen LogP contribution in [0.4, 0.5) is 11.5 Å². The molecular formula is C24H21N3O4. The number of ether oxygens (including phenoxy) is 2. The van der Waals surface area contributed by atoms with Crippen LogP contribution in [0.15, 0.2) is 83.8 Å². The van der Waals surface area contributed by atoms with E-state index in [1.165, 1.54) is 6.20 Å². The zero-order chi connectivity index (χ0) is 21.6. The summed E-state index contributed by atoms with van der Waals surface area (Å²) in [4.78, 5) is 28.7. The van der Waals surface area contributed by atoms with Gasteiger partial charge in [0.2, 0.25) is 5.88 Å². The number of pyridine rings is 2. The number of nitrogens with one attached hydrogen (secondary N) is 1. The summed E-state index contributed by atoms with van der Waals surface area (Å²) >= 11 is 0. The molecule has 4 rings (SSSR count). The Labute approximate surface area is 178 Å². The first kappa shape index (κ1) is 20.2. The number of benzene rings is 2. The van der Waals surface area contributed by atoms with Crippen molar-refractivity contribution in [3.05, 3.63) is 89.2 Å². The van der Waals surface area contributed by atoms with Crippen LogP contribution < -0.4 is 15.5 Å². The van der Waals surface area contributed by atoms with Crippen LogP contribution in [0.3, 0.4) is 0 Å². The van der Waals surface area contributed by atoms with E-state index in [4.69, 9.17) is 9.47 Å². The number of rotatable bonds is 7. The van der Waals surface area contributed by atoms with Crippen LogP contribution in [0.1, 0.15) is 6.92 Å². The molecule has 0 atom stereocenters. The fourth-order valence-electron chi connectivity index (χ4n) is 3.23. The Kier molecular flexibility index (Phi) is 5.93. The lowest BCUT2D eigenvalue weighted by molar-refractivity contribution is -0.145. The zero-order valence-electron chi connectivity index (χ0n) is 16.9. The number of aromatic nitrogens is 2. The van der Waals surface area contributed by atoms with Gasteiger partial charge in [-0.1, -0.05) is 36.4 Å². The third-order valence-electron chi connectivity index (χ3n) is 4.58. The van der Waals surface area contributed by atoms with Crippen LogP contribution in [0.5, 0.6) is 5.88 Å². The van der Waals surface area contributed by atoms with Gasteiger partial charge < -0.3 is 14.8 Å². The van der Waals surface area contributed by atoms with Gasteiger partial charge in [-0.2, -0.15) is 0 Å². The highest BCUT2D eigenvalue weighted by Crippen LogP contribution is 2.26. The Hall–Kier alpha value is -4.13. The second kappa shape index (κ2) is 9.13. The van der Waals surface area contributed by atoms with Gasteiger partial charge in [-0.25, -0.2) is 9.78 Å². The van der Waals surface area contributed by atoms with Crippen LogP contribution in [0.25, 0.3) is 16.6 Å². The number of carbonyl (C=O) groups excluding carboxylic acids is 1. The van der Waals surface area contributed by atoms with Gasteiger partial charge in [-0.3, -0.25) is 9.36 Å². The van der Waals surface area contributed by atoms with Crippen LogP contribution in [0.2, 0.25) is 0 Å². The second-order valence-corrected chi connectivity index (χ2v) is 6.69. The maximum Gasteiger partial charge on any atom is 0.344 e. The normalized spacial score (nSPS) is 10.6. The molecule has 0 bridgehead atoms. The number of nitrogens with zero attached hydrogens (tertiary/aromatic N) is 2. The second-order valence-electron chi connectivity index (χ2n) is 6.69. The Bertz CT molecular complexity index is 1250. The molecule has 0 aliphatic carbocycles. The van der Waals surface area contributed by atoms with Gasteiger partial charge in [-0.05, 0) is 31.2 Å². The number of fused-ring (bicyclic) bond motifs is 1. The minimum Gasteiger partial charge on any atom is -0.466 e. The molecule has 156 valence electrons. The minimum atomic E-state index is -0.482. The maximum atomic E-state index is 12.8. The summed E-state index contributed by atoms with van der Waals surface area (Å²) in [6.07, 6.45) is 1.46. The smallest absolute Gasteiger partial charge is 0.344 e. The Morgan fingerprint density at radius 2 is 1.74 bits per heavy atom. The zero-order valence-corrected chi connectivity index (χ0v) is 16.9. The number of hydrogen-bond acceptors (Lipinski definition) is 6. The molecule has 0 unspecified atom stereocenters. The molecule has 0 fully saturated rings. The summed E-state index contributed by atoms with van der Waals surface area (Å²) in [5.41, 5.74) is 2.13. The van der Waals surface area contributed by atoms with E-state index in [9.17, 15) is 9.59 Å². The van der Waals surface area contributed by atoms with Crippen molar-refractivity contribution in [2.24, 2.45) is 0 Å². The summed E-state index contributed by atoms with van der Waals surface area (Å²) in [6, 6.07) is 22.5. The third kappa shape index (κ3) is 4.56. The lowest BCUT2D eigenvalue weighted by Gasteiger charge is -2.18. The van der Waals surface area contributed by atoms with Crippen LogP contribution in [-0.4, -0.2) is 28.7 Å². The average molecular weight is 415 g/mol. The van der Waals surface area contributed by atoms with Gasteiger partial charge in [0.15, 0.2) is 12.0 Å². The monoisotopic (exact) mass is 415 g/mol. The van der Waals surface area contributed by atoms with E-state index in [0.717, 1.165) is 11.4 Å². The highest BCUT2D eigenvalue weighted by atomic mass is 16.6. The van der Waals surface area contributed by atoms with E-state index >= 15 is 0 Å². The minimum absolute atomic E-state index is 0.176. The first-order chi connectivity index (χ1) is 15.2. The number of hydrogen-bond donors (Lipinski definition) is 1. The first-order valence-electron chi connectivity index (χ1n) is 9.87. The molecule has 2 heterocycles. The molecule has 0 saturated carbocycles. The molecule has 1 N–H and O–H groups in total. The maximum absolute atomic E-state index is 12.8. The first-order valence-corrected chi connectivity index (χ1v) is 9.87. The number of anilines is 2. The molecule has 7 nitrogen and oxygen atoms in total. The SMILES string of the molecule is CCOC(=O)COc1cc2c(cn1)c(=O)cc(Nc1ccccc1)n2-c1ccccc1. The predicted molar refractivity (Wildman–Crippen MR) is 119 cm³/mol. The lowest BCUT2D eigenvalue weighted by Crippen LogP contribution is -2.16. The van der Waals surface area contributed by atoms with E-state index in [1.54, 1.807) is 19.1 Å². The van der Waals surface area contributed by atoms with E-state index in [2.05, 4.69) is 10.3 Å². The Morgan fingerprint density at radius 1 is 1.03 bits per heavy atom. The topological polar surface area (TPSA) is 82.5 Å². The standard InChI is InChI=1S/C24H21N3O4/c1-2-30-24(29)16-31-23-13-20-19(15-25-23)21(28)14-22(26-17-9-5-3-6-10-17)27(20)18-11-7-4-8-12-18/h3-15,26H,2,16H2,1H3. The molecule has 0 amide bonds. The van der Waals surface area contributed by atoms with Crippen molar-refractivity contribution in [2.75, 3.05) is 18.5 Å². The molecule has 2 aromatic carbocycles. The van der Waals surface area contributed by atoms with E-state index in [-0.39, 0.29) is 24.5 Å². The molecular weight excluding hydrogens is 394 g/mol. The lowest BCUT2D eigenvalue weighted by atomic mass is 10.2. The third-order valence-corrected chi connectivity index (χ3v) is 4.58. The number of carbonyl (C=O) groups is 1. The molecule has 31 heavy (non-hydrogen) atoms. The van der Waals surface area contributed by atoms with E-state index in [1.807, 2.05) is 65.2 Å². The fourth-order valence-corrected chi connectivity index (χ4v) is 3.23. The predicted octanol–water partition coefficient (Wildman–Crippen LogP) is 4.07. The van der Waals surface area contributed by atoms with Crippen molar-refractivity contribution in [1.29, 1.82) is 0 Å². The van der Waals surface area contributed by atoms with Crippen molar-refractivity contribution in [2.45, 2.75) is 6.92 Å². The highest BCUT2D eigenvalue weighted by molar-refractivity contribution is 5.84. The molecule has 7 heteroatoms. The molecule has 0 aliphatic heterocycles. The van der Waals surface area contributed by atoms with Crippen LogP contribution in [-0.2, 0) is 9.53 Å². The number of para-hydroxylation sites is 2. The van der Waals surface area contributed by atoms with Crippen molar-refractivity contribution >= 4 is 28.4 Å². The van der Waals surface area contributed by atoms with E-state index < -0.39 is 5.97 Å². The summed E-state index contributed by atoms with van der Waals surface area (Å²) in [6.45, 7) is 1.74. The van der Waals surface area contributed by atoms with Crippen molar-refractivity contribution in [3.63, 3.8) is 0 Å². The summed E-state index contributed by atoms with van der Waals surface area (Å²) < 4.78 is 12.3. The number of esters is 1. The summed E-state index contributed by atoms with van der Waals surface area (Å²) in [5, 5.41) is 3.75. The molecule has 0 spiro atoms. The van der Waals surface area contributed by atoms with Gasteiger partial charge in [0.1, 0.15) is 5.82 Å². The molecule has 0 saturated heterocycles. The van der Waals surface area contributed by atoms with Crippen molar-refractivity contribution < 1.29 is 14.3 Å². The fraction of sp³-hybridized carbons (Fsp3) is 0.125. The van der Waals surface area contributed by atoms with Crippen molar-refractivity contribution in [3.8, 4) is 11.6 Å². The van der Waals surface area contributed by atoms with Gasteiger partial charge in [0, 0.05) is 29.7 Å². The summed E-state index contributed by atoms with van der Waals surface area (Å²) in [7, 11) is 0. The van der Waals surface area contributed by atoms with Gasteiger partial charge in [-0.15, -0.1) is 0 Å². The quantitative estimate of drug-likeness (QED) is 0.458.